The molecule has 1 aromatic carbocycles. The van der Waals surface area contributed by atoms with Crippen LogP contribution in [0.25, 0.3) is 0 Å². The molecule has 4 fully saturated rings. The fourth-order valence-electron chi connectivity index (χ4n) is 11.7. The van der Waals surface area contributed by atoms with Crippen LogP contribution in [-0.4, -0.2) is 90.2 Å². The summed E-state index contributed by atoms with van der Waals surface area (Å²) < 4.78 is 10.8. The number of fused-ring (bicyclic) bond motifs is 5. The summed E-state index contributed by atoms with van der Waals surface area (Å²) in [5.41, 5.74) is -0.588. The lowest BCUT2D eigenvalue weighted by Gasteiger charge is -2.60. The number of benzene rings is 1. The van der Waals surface area contributed by atoms with Crippen LogP contribution in [0.2, 0.25) is 0 Å². The lowest BCUT2D eigenvalue weighted by molar-refractivity contribution is -0.184. The van der Waals surface area contributed by atoms with Crippen LogP contribution in [0.1, 0.15) is 104 Å². The van der Waals surface area contributed by atoms with Gasteiger partial charge >= 0.3 is 5.97 Å². The number of methoxy groups -OCH3 is 1. The van der Waals surface area contributed by atoms with E-state index in [0.29, 0.717) is 31.3 Å². The van der Waals surface area contributed by atoms with Crippen molar-refractivity contribution in [2.45, 2.75) is 121 Å². The topological polar surface area (TPSA) is 142 Å². The maximum atomic E-state index is 13.7. The highest BCUT2D eigenvalue weighted by Gasteiger charge is 2.68. The van der Waals surface area contributed by atoms with Crippen molar-refractivity contribution in [1.82, 2.24) is 10.2 Å². The van der Waals surface area contributed by atoms with Crippen molar-refractivity contribution in [3.8, 4) is 5.75 Å². The van der Waals surface area contributed by atoms with Crippen LogP contribution in [-0.2, 0) is 29.3 Å². The summed E-state index contributed by atoms with van der Waals surface area (Å²) in [5.74, 6) is 0.00885. The number of nitrogens with zero attached hydrogens (tertiary/aromatic N) is 1. The van der Waals surface area contributed by atoms with E-state index in [1.54, 1.807) is 13.2 Å². The number of Topliss-reactive ketones (excluding diaryl/α,β-unsaturated/α-hetero) is 1. The second-order valence-corrected chi connectivity index (χ2v) is 17.4. The van der Waals surface area contributed by atoms with E-state index >= 15 is 0 Å². The number of ketones is 2. The molecule has 10 atom stereocenters. The number of hydrogen-bond donors (Lipinski definition) is 3. The number of allylic oxidation sites excluding steroid dienone is 1. The summed E-state index contributed by atoms with van der Waals surface area (Å²) >= 11 is 0. The molecular formula is C42H60N2O8. The zero-order chi connectivity index (χ0) is 37.6. The molecule has 3 saturated carbocycles. The molecule has 286 valence electrons. The molecule has 1 heterocycles. The number of aliphatic hydroxyl groups is 2. The van der Waals surface area contributed by atoms with Crippen LogP contribution in [0.4, 0.5) is 0 Å². The molecule has 1 amide bonds. The minimum Gasteiger partial charge on any atom is -0.497 e. The lowest BCUT2D eigenvalue weighted by Crippen LogP contribution is -2.62. The number of nitrogens with one attached hydrogen (secondary N) is 1. The molecule has 1 aromatic rings. The standard InChI is InChI=1S/C42H60N2O8/c1-26-24-44(5)27(2)22-41(26,28-7-10-31(51-6)11-8-28)19-20-43-36(48)13-14-37(49)52-25-35(47)42(50)18-16-33-32-12-9-29-21-30(45)15-17-39(29,3)38(32)34(46)23-40(33,42)4/h7-8,10-11,21,26-27,32-34,38,46,50H,9,12-20,22-25H2,1-6H3,(H,43,48)/t26?,27?,32-,33-,34-,38+,39-,40-,41?,42-/m0/s1. The Balaban J connectivity index is 1.01. The van der Waals surface area contributed by atoms with E-state index in [-0.39, 0.29) is 66.0 Å². The van der Waals surface area contributed by atoms with Crippen LogP contribution in [0, 0.1) is 34.5 Å². The van der Waals surface area contributed by atoms with Crippen LogP contribution >= 0.6 is 0 Å². The first-order chi connectivity index (χ1) is 24.6. The van der Waals surface area contributed by atoms with Crippen LogP contribution in [0.15, 0.2) is 35.9 Å². The molecule has 0 aromatic heterocycles. The molecule has 10 nitrogen and oxygen atoms in total. The van der Waals surface area contributed by atoms with Crippen molar-refractivity contribution < 1.29 is 38.9 Å². The Morgan fingerprint density at radius 1 is 1.02 bits per heavy atom. The molecule has 6 rings (SSSR count). The average molecular weight is 721 g/mol. The summed E-state index contributed by atoms with van der Waals surface area (Å²) in [6, 6.07) is 8.63. The molecular weight excluding hydrogens is 660 g/mol. The fourth-order valence-corrected chi connectivity index (χ4v) is 11.7. The highest BCUT2D eigenvalue weighted by Crippen LogP contribution is 2.67. The highest BCUT2D eigenvalue weighted by molar-refractivity contribution is 5.92. The molecule has 10 heteroatoms. The second-order valence-electron chi connectivity index (χ2n) is 17.4. The quantitative estimate of drug-likeness (QED) is 0.272. The summed E-state index contributed by atoms with van der Waals surface area (Å²) in [4.78, 5) is 53.9. The van der Waals surface area contributed by atoms with E-state index in [1.165, 1.54) is 5.56 Å². The number of carbonyl (C=O) groups is 4. The van der Waals surface area contributed by atoms with E-state index in [9.17, 15) is 29.4 Å². The van der Waals surface area contributed by atoms with Gasteiger partial charge in [0.05, 0.1) is 19.6 Å². The average Bonchev–Trinajstić information content (AvgIpc) is 3.38. The molecule has 52 heavy (non-hydrogen) atoms. The minimum absolute atomic E-state index is 0.0237. The zero-order valence-electron chi connectivity index (χ0n) is 32.0. The van der Waals surface area contributed by atoms with Crippen molar-refractivity contribution >= 4 is 23.4 Å². The van der Waals surface area contributed by atoms with Crippen molar-refractivity contribution in [3.05, 3.63) is 41.5 Å². The number of hydrogen-bond acceptors (Lipinski definition) is 9. The largest absolute Gasteiger partial charge is 0.497 e. The van der Waals surface area contributed by atoms with Crippen molar-refractivity contribution in [3.63, 3.8) is 0 Å². The summed E-state index contributed by atoms with van der Waals surface area (Å²) in [7, 11) is 3.81. The molecule has 0 bridgehead atoms. The Morgan fingerprint density at radius 3 is 2.46 bits per heavy atom. The van der Waals surface area contributed by atoms with E-state index in [0.717, 1.165) is 50.0 Å². The third-order valence-electron chi connectivity index (χ3n) is 14.9. The molecule has 3 N–H and O–H groups in total. The number of ether oxygens (including phenoxy) is 2. The number of aliphatic hydroxyl groups excluding tert-OH is 1. The van der Waals surface area contributed by atoms with Crippen LogP contribution in [0.5, 0.6) is 5.75 Å². The predicted molar refractivity (Wildman–Crippen MR) is 196 cm³/mol. The first-order valence-corrected chi connectivity index (χ1v) is 19.5. The fraction of sp³-hybridized carbons (Fsp3) is 0.714. The number of piperidine rings is 1. The smallest absolute Gasteiger partial charge is 0.306 e. The van der Waals surface area contributed by atoms with Gasteiger partial charge in [-0.15, -0.1) is 0 Å². The van der Waals surface area contributed by atoms with Crippen molar-refractivity contribution in [2.75, 3.05) is 33.9 Å². The van der Waals surface area contributed by atoms with Gasteiger partial charge in [0.2, 0.25) is 11.7 Å². The molecule has 1 aliphatic heterocycles. The molecule has 3 unspecified atom stereocenters. The maximum absolute atomic E-state index is 13.7. The van der Waals surface area contributed by atoms with Gasteiger partial charge in [0, 0.05) is 42.8 Å². The molecule has 4 aliphatic carbocycles. The Bertz CT molecular complexity index is 1580. The number of likely N-dealkylation sites (tertiary alicyclic amines) is 1. The monoisotopic (exact) mass is 720 g/mol. The minimum atomic E-state index is -1.72. The zero-order valence-corrected chi connectivity index (χ0v) is 32.0. The third-order valence-corrected chi connectivity index (χ3v) is 14.9. The van der Waals surface area contributed by atoms with Gasteiger partial charge in [-0.2, -0.15) is 0 Å². The van der Waals surface area contributed by atoms with Gasteiger partial charge in [-0.1, -0.05) is 38.5 Å². The Kier molecular flexibility index (Phi) is 10.9. The first-order valence-electron chi connectivity index (χ1n) is 19.5. The van der Waals surface area contributed by atoms with Gasteiger partial charge in [-0.05, 0) is 118 Å². The number of rotatable bonds is 11. The van der Waals surface area contributed by atoms with Gasteiger partial charge in [0.1, 0.15) is 11.4 Å². The van der Waals surface area contributed by atoms with E-state index in [2.05, 4.69) is 50.2 Å². The van der Waals surface area contributed by atoms with Gasteiger partial charge in [0.15, 0.2) is 12.4 Å². The van der Waals surface area contributed by atoms with Gasteiger partial charge in [-0.25, -0.2) is 0 Å². The Hall–Kier alpha value is -3.08. The number of carbonyl (C=O) groups excluding carboxylic acids is 4. The predicted octanol–water partition coefficient (Wildman–Crippen LogP) is 4.93. The molecule has 1 saturated heterocycles. The van der Waals surface area contributed by atoms with Crippen LogP contribution < -0.4 is 10.1 Å². The van der Waals surface area contributed by atoms with Crippen molar-refractivity contribution in [2.24, 2.45) is 34.5 Å². The van der Waals surface area contributed by atoms with E-state index < -0.39 is 35.5 Å². The molecule has 0 radical (unpaired) electrons. The van der Waals surface area contributed by atoms with Crippen molar-refractivity contribution in [1.29, 1.82) is 0 Å². The second kappa shape index (κ2) is 14.6. The normalized spacial score (nSPS) is 38.7. The Labute approximate surface area is 309 Å². The lowest BCUT2D eigenvalue weighted by atomic mass is 9.45. The van der Waals surface area contributed by atoms with E-state index in [4.69, 9.17) is 9.47 Å². The Morgan fingerprint density at radius 2 is 1.75 bits per heavy atom. The van der Waals surface area contributed by atoms with Gasteiger partial charge in [-0.3, -0.25) is 19.2 Å². The first kappa shape index (κ1) is 38.6. The van der Waals surface area contributed by atoms with Gasteiger partial charge in [0.25, 0.3) is 0 Å². The number of amides is 1. The SMILES string of the molecule is COc1ccc(C2(CCNC(=O)CCC(=O)OCC(=O)[C@@]3(O)CC[C@H]4[C@@H]5CCC6=CC(=O)CC[C@]6(C)[C@H]5[C@@H](O)C[C@@]43C)CC(C)N(C)CC2C)cc1. The van der Waals surface area contributed by atoms with Crippen LogP contribution in [0.3, 0.4) is 0 Å². The van der Waals surface area contributed by atoms with E-state index in [1.807, 2.05) is 19.1 Å². The third kappa shape index (κ3) is 6.66. The van der Waals surface area contributed by atoms with Gasteiger partial charge < -0.3 is 29.9 Å². The number of esters is 1. The summed E-state index contributed by atoms with van der Waals surface area (Å²) in [6.45, 7) is 9.45. The summed E-state index contributed by atoms with van der Waals surface area (Å²) in [6.07, 6.45) is 6.56. The molecule has 0 spiro atoms. The maximum Gasteiger partial charge on any atom is 0.306 e. The summed E-state index contributed by atoms with van der Waals surface area (Å²) in [5, 5.41) is 26.6. The highest BCUT2D eigenvalue weighted by atomic mass is 16.5. The molecule has 5 aliphatic rings.